The summed E-state index contributed by atoms with van der Waals surface area (Å²) in [5.41, 5.74) is 1.77. The first-order valence-electron chi connectivity index (χ1n) is 6.51. The molecular weight excluding hydrogens is 244 g/mol. The van der Waals surface area contributed by atoms with Gasteiger partial charge in [0.2, 0.25) is 0 Å². The van der Waals surface area contributed by atoms with Crippen LogP contribution in [0.15, 0.2) is 24.3 Å². The average Bonchev–Trinajstić information content (AvgIpc) is 2.88. The molecule has 19 heavy (non-hydrogen) atoms. The van der Waals surface area contributed by atoms with E-state index in [0.29, 0.717) is 13.2 Å². The van der Waals surface area contributed by atoms with Crippen molar-refractivity contribution in [2.24, 2.45) is 0 Å². The van der Waals surface area contributed by atoms with Crippen molar-refractivity contribution < 1.29 is 14.6 Å². The Labute approximate surface area is 113 Å². The quantitative estimate of drug-likeness (QED) is 0.872. The van der Waals surface area contributed by atoms with Gasteiger partial charge in [-0.25, -0.2) is 4.79 Å². The molecular formula is C14H20N2O3. The zero-order valence-electron chi connectivity index (χ0n) is 11.1. The Kier molecular flexibility index (Phi) is 4.76. The number of ether oxygens (including phenoxy) is 1. The summed E-state index contributed by atoms with van der Waals surface area (Å²) in [5.74, 6) is 0. The van der Waals surface area contributed by atoms with Gasteiger partial charge in [0.1, 0.15) is 0 Å². The molecule has 1 aromatic rings. The second-order valence-electron chi connectivity index (χ2n) is 4.74. The maximum Gasteiger partial charge on any atom is 0.322 e. The smallest absolute Gasteiger partial charge is 0.322 e. The highest BCUT2D eigenvalue weighted by atomic mass is 16.5. The van der Waals surface area contributed by atoms with Crippen LogP contribution in [0.3, 0.4) is 0 Å². The van der Waals surface area contributed by atoms with Gasteiger partial charge >= 0.3 is 6.03 Å². The molecule has 0 saturated carbocycles. The van der Waals surface area contributed by atoms with Gasteiger partial charge in [-0.15, -0.1) is 0 Å². The lowest BCUT2D eigenvalue weighted by Gasteiger charge is -2.23. The fourth-order valence-corrected chi connectivity index (χ4v) is 2.39. The molecule has 0 spiro atoms. The van der Waals surface area contributed by atoms with Crippen LogP contribution in [0.1, 0.15) is 18.4 Å². The van der Waals surface area contributed by atoms with Gasteiger partial charge < -0.3 is 20.1 Å². The van der Waals surface area contributed by atoms with E-state index in [1.54, 1.807) is 12.0 Å². The van der Waals surface area contributed by atoms with Gasteiger partial charge in [0.15, 0.2) is 0 Å². The molecule has 1 aromatic carbocycles. The van der Waals surface area contributed by atoms with E-state index in [4.69, 9.17) is 4.74 Å². The Morgan fingerprint density at radius 2 is 2.42 bits per heavy atom. The number of urea groups is 1. The third-order valence-electron chi connectivity index (χ3n) is 3.34. The number of carbonyl (C=O) groups excluding carboxylic acids is 1. The minimum absolute atomic E-state index is 0.0249. The number of aliphatic hydroxyl groups excluding tert-OH is 1. The summed E-state index contributed by atoms with van der Waals surface area (Å²) in [6.07, 6.45) is 1.82. The monoisotopic (exact) mass is 264 g/mol. The van der Waals surface area contributed by atoms with Crippen LogP contribution < -0.4 is 5.32 Å². The fraction of sp³-hybridized carbons (Fsp3) is 0.500. The van der Waals surface area contributed by atoms with Crippen molar-refractivity contribution in [1.82, 2.24) is 4.90 Å². The molecule has 0 bridgehead atoms. The number of anilines is 1. The number of rotatable bonds is 4. The minimum Gasteiger partial charge on any atom is -0.394 e. The topological polar surface area (TPSA) is 61.8 Å². The largest absolute Gasteiger partial charge is 0.394 e. The Hall–Kier alpha value is -1.59. The normalized spacial score (nSPS) is 18.6. The van der Waals surface area contributed by atoms with Gasteiger partial charge in [-0.1, -0.05) is 12.1 Å². The number of nitrogens with zero attached hydrogens (tertiary/aromatic N) is 1. The number of hydrogen-bond acceptors (Lipinski definition) is 3. The van der Waals surface area contributed by atoms with E-state index in [1.165, 1.54) is 0 Å². The second-order valence-corrected chi connectivity index (χ2v) is 4.74. The molecule has 0 unspecified atom stereocenters. The minimum atomic E-state index is -0.147. The molecule has 0 aromatic heterocycles. The van der Waals surface area contributed by atoms with Crippen molar-refractivity contribution in [3.63, 3.8) is 0 Å². The molecule has 2 rings (SSSR count). The highest BCUT2D eigenvalue weighted by Gasteiger charge is 2.27. The molecule has 0 aliphatic carbocycles. The maximum atomic E-state index is 12.1. The number of likely N-dealkylation sites (tertiary alicyclic amines) is 1. The molecule has 1 atom stereocenters. The van der Waals surface area contributed by atoms with Crippen LogP contribution in [-0.2, 0) is 11.3 Å². The van der Waals surface area contributed by atoms with Crippen LogP contribution in [0.5, 0.6) is 0 Å². The first kappa shape index (κ1) is 13.8. The molecule has 0 radical (unpaired) electrons. The van der Waals surface area contributed by atoms with Gasteiger partial charge in [0, 0.05) is 19.3 Å². The van der Waals surface area contributed by atoms with E-state index in [9.17, 15) is 9.90 Å². The van der Waals surface area contributed by atoms with E-state index in [2.05, 4.69) is 5.32 Å². The van der Waals surface area contributed by atoms with E-state index in [-0.39, 0.29) is 18.7 Å². The first-order valence-corrected chi connectivity index (χ1v) is 6.51. The van der Waals surface area contributed by atoms with Crippen molar-refractivity contribution in [2.45, 2.75) is 25.5 Å². The maximum absolute atomic E-state index is 12.1. The average molecular weight is 264 g/mol. The Morgan fingerprint density at radius 1 is 1.58 bits per heavy atom. The summed E-state index contributed by atoms with van der Waals surface area (Å²) in [4.78, 5) is 13.8. The lowest BCUT2D eigenvalue weighted by Crippen LogP contribution is -2.40. The van der Waals surface area contributed by atoms with E-state index >= 15 is 0 Å². The SMILES string of the molecule is COCc1cccc(NC(=O)N2CCC[C@H]2CO)c1. The number of amides is 2. The highest BCUT2D eigenvalue weighted by molar-refractivity contribution is 5.89. The van der Waals surface area contributed by atoms with Gasteiger partial charge in [0.25, 0.3) is 0 Å². The Morgan fingerprint density at radius 3 is 3.16 bits per heavy atom. The van der Waals surface area contributed by atoms with Crippen LogP contribution in [0.4, 0.5) is 10.5 Å². The van der Waals surface area contributed by atoms with Gasteiger partial charge in [0.05, 0.1) is 19.3 Å². The predicted octanol–water partition coefficient (Wildman–Crippen LogP) is 1.82. The van der Waals surface area contributed by atoms with Crippen LogP contribution in [-0.4, -0.2) is 42.3 Å². The van der Waals surface area contributed by atoms with Crippen LogP contribution in [0.25, 0.3) is 0 Å². The van der Waals surface area contributed by atoms with Gasteiger partial charge in [-0.2, -0.15) is 0 Å². The summed E-state index contributed by atoms with van der Waals surface area (Å²) in [7, 11) is 1.64. The number of methoxy groups -OCH3 is 1. The number of aliphatic hydroxyl groups is 1. The number of hydrogen-bond donors (Lipinski definition) is 2. The standard InChI is InChI=1S/C14H20N2O3/c1-19-10-11-4-2-5-12(8-11)15-14(18)16-7-3-6-13(16)9-17/h2,4-5,8,13,17H,3,6-7,9-10H2,1H3,(H,15,18)/t13-/m0/s1. The molecule has 5 nitrogen and oxygen atoms in total. The zero-order valence-corrected chi connectivity index (χ0v) is 11.1. The van der Waals surface area contributed by atoms with E-state index in [0.717, 1.165) is 24.1 Å². The van der Waals surface area contributed by atoms with Gasteiger partial charge in [-0.3, -0.25) is 0 Å². The third kappa shape index (κ3) is 3.45. The summed E-state index contributed by atoms with van der Waals surface area (Å²) in [6, 6.07) is 7.38. The fourth-order valence-electron chi connectivity index (χ4n) is 2.39. The molecule has 1 heterocycles. The number of benzene rings is 1. The summed E-state index contributed by atoms with van der Waals surface area (Å²) >= 11 is 0. The molecule has 5 heteroatoms. The molecule has 1 aliphatic rings. The summed E-state index contributed by atoms with van der Waals surface area (Å²) in [5, 5.41) is 12.1. The Bertz CT molecular complexity index is 436. The molecule has 104 valence electrons. The van der Waals surface area contributed by atoms with Crippen molar-refractivity contribution >= 4 is 11.7 Å². The Balaban J connectivity index is 2.00. The number of carbonyl (C=O) groups is 1. The molecule has 2 amide bonds. The molecule has 1 aliphatic heterocycles. The van der Waals surface area contributed by atoms with Crippen LogP contribution in [0, 0.1) is 0 Å². The second kappa shape index (κ2) is 6.54. The van der Waals surface area contributed by atoms with Crippen molar-refractivity contribution in [3.05, 3.63) is 29.8 Å². The molecule has 1 saturated heterocycles. The summed E-state index contributed by atoms with van der Waals surface area (Å²) < 4.78 is 5.07. The lowest BCUT2D eigenvalue weighted by atomic mass is 10.2. The van der Waals surface area contributed by atoms with Crippen molar-refractivity contribution in [3.8, 4) is 0 Å². The van der Waals surface area contributed by atoms with Crippen molar-refractivity contribution in [2.75, 3.05) is 25.6 Å². The van der Waals surface area contributed by atoms with Gasteiger partial charge in [-0.05, 0) is 30.5 Å². The number of nitrogens with one attached hydrogen (secondary N) is 1. The predicted molar refractivity (Wildman–Crippen MR) is 73.0 cm³/mol. The molecule has 1 fully saturated rings. The zero-order chi connectivity index (χ0) is 13.7. The lowest BCUT2D eigenvalue weighted by molar-refractivity contribution is 0.166. The van der Waals surface area contributed by atoms with Crippen molar-refractivity contribution in [1.29, 1.82) is 0 Å². The highest BCUT2D eigenvalue weighted by Crippen LogP contribution is 2.19. The molecule has 2 N–H and O–H groups in total. The third-order valence-corrected chi connectivity index (χ3v) is 3.34. The van der Waals surface area contributed by atoms with Crippen LogP contribution in [0.2, 0.25) is 0 Å². The summed E-state index contributed by atoms with van der Waals surface area (Å²) in [6.45, 7) is 1.25. The first-order chi connectivity index (χ1) is 9.24. The van der Waals surface area contributed by atoms with E-state index < -0.39 is 0 Å². The van der Waals surface area contributed by atoms with Crippen LogP contribution >= 0.6 is 0 Å². The van der Waals surface area contributed by atoms with E-state index in [1.807, 2.05) is 24.3 Å².